The lowest BCUT2D eigenvalue weighted by Gasteiger charge is -2.21. The third-order valence-corrected chi connectivity index (χ3v) is 6.68. The van der Waals surface area contributed by atoms with E-state index in [1.807, 2.05) is 32.0 Å². The summed E-state index contributed by atoms with van der Waals surface area (Å²) in [5.41, 5.74) is 2.92. The van der Waals surface area contributed by atoms with Gasteiger partial charge < -0.3 is 5.32 Å². The first kappa shape index (κ1) is 18.7. The molecule has 0 spiro atoms. The first-order valence-corrected chi connectivity index (χ1v) is 10.9. The van der Waals surface area contributed by atoms with Crippen LogP contribution in [0.5, 0.6) is 0 Å². The van der Waals surface area contributed by atoms with Crippen molar-refractivity contribution >= 4 is 21.8 Å². The van der Waals surface area contributed by atoms with Gasteiger partial charge in [0.05, 0.1) is 10.9 Å². The number of hydrogen-bond acceptors (Lipinski definition) is 4. The van der Waals surface area contributed by atoms with Crippen LogP contribution in [-0.4, -0.2) is 26.2 Å². The second-order valence-electron chi connectivity index (χ2n) is 7.57. The predicted molar refractivity (Wildman–Crippen MR) is 108 cm³/mol. The molecular formula is C21H23N3O3S. The molecule has 0 radical (unpaired) electrons. The molecule has 0 fully saturated rings. The number of nitrogens with one attached hydrogen (secondary N) is 2. The minimum absolute atomic E-state index is 0.0299. The summed E-state index contributed by atoms with van der Waals surface area (Å²) in [7, 11) is -3.63. The average molecular weight is 398 g/mol. The monoisotopic (exact) mass is 397 g/mol. The third-order valence-electron chi connectivity index (χ3n) is 5.28. The van der Waals surface area contributed by atoms with Crippen LogP contribution in [0.3, 0.4) is 0 Å². The number of fused-ring (bicyclic) bond motifs is 2. The number of amidine groups is 1. The molecule has 0 bridgehead atoms. The molecule has 1 heterocycles. The number of hydrogen-bond donors (Lipinski definition) is 2. The molecule has 0 saturated carbocycles. The Bertz CT molecular complexity index is 1060. The number of aryl methyl sites for hydroxylation is 1. The number of aliphatic imine (C=N–C) groups is 1. The molecule has 0 aromatic heterocycles. The van der Waals surface area contributed by atoms with Crippen LogP contribution in [0.25, 0.3) is 0 Å². The van der Waals surface area contributed by atoms with Crippen LogP contribution in [0.4, 0.5) is 0 Å². The Kier molecular flexibility index (Phi) is 4.71. The maximum Gasteiger partial charge on any atom is 0.263 e. The first-order chi connectivity index (χ1) is 13.4. The Morgan fingerprint density at radius 3 is 2.64 bits per heavy atom. The van der Waals surface area contributed by atoms with Crippen molar-refractivity contribution in [2.45, 2.75) is 43.7 Å². The van der Waals surface area contributed by atoms with Crippen LogP contribution >= 0.6 is 0 Å². The standard InChI is InChI=1S/C21H23N3O3S/c1-13(2)19(21(25)22-17-12-11-14-7-3-4-8-15(14)17)23-20-16-9-5-6-10-18(16)28(26,27)24-20/h3-10,13,17,19H,11-12H2,1-2H3,(H,22,25)(H,23,24)/t17?,19-/m0/s1. The summed E-state index contributed by atoms with van der Waals surface area (Å²) >= 11 is 0. The number of benzene rings is 2. The molecule has 2 aromatic rings. The Morgan fingerprint density at radius 2 is 1.86 bits per heavy atom. The van der Waals surface area contributed by atoms with E-state index in [0.717, 1.165) is 18.4 Å². The van der Waals surface area contributed by atoms with Gasteiger partial charge in [-0.05, 0) is 42.0 Å². The molecule has 7 heteroatoms. The summed E-state index contributed by atoms with van der Waals surface area (Å²) in [5.74, 6) is -0.0366. The fourth-order valence-electron chi connectivity index (χ4n) is 3.84. The van der Waals surface area contributed by atoms with Crippen LogP contribution in [0, 0.1) is 5.92 Å². The van der Waals surface area contributed by atoms with Crippen LogP contribution in [0.2, 0.25) is 0 Å². The van der Waals surface area contributed by atoms with E-state index in [1.165, 1.54) is 5.56 Å². The van der Waals surface area contributed by atoms with Crippen molar-refractivity contribution in [2.75, 3.05) is 0 Å². The zero-order chi connectivity index (χ0) is 19.9. The predicted octanol–water partition coefficient (Wildman–Crippen LogP) is 2.55. The molecule has 4 rings (SSSR count). The molecule has 1 amide bonds. The summed E-state index contributed by atoms with van der Waals surface area (Å²) in [5, 5.41) is 3.11. The summed E-state index contributed by atoms with van der Waals surface area (Å²) in [6, 6.07) is 14.1. The molecule has 28 heavy (non-hydrogen) atoms. The Labute approximate surface area is 165 Å². The Morgan fingerprint density at radius 1 is 1.14 bits per heavy atom. The van der Waals surface area contributed by atoms with Gasteiger partial charge in [-0.1, -0.05) is 50.2 Å². The summed E-state index contributed by atoms with van der Waals surface area (Å²) in [6.45, 7) is 3.82. The molecule has 2 aliphatic rings. The zero-order valence-corrected chi connectivity index (χ0v) is 16.7. The van der Waals surface area contributed by atoms with Crippen molar-refractivity contribution in [1.29, 1.82) is 0 Å². The van der Waals surface area contributed by atoms with Gasteiger partial charge >= 0.3 is 0 Å². The molecule has 0 saturated heterocycles. The van der Waals surface area contributed by atoms with Gasteiger partial charge in [0.1, 0.15) is 11.9 Å². The summed E-state index contributed by atoms with van der Waals surface area (Å²) in [6.07, 6.45) is 1.80. The molecule has 2 aromatic carbocycles. The minimum atomic E-state index is -3.63. The van der Waals surface area contributed by atoms with Crippen LogP contribution in [0.1, 0.15) is 43.0 Å². The van der Waals surface area contributed by atoms with Crippen molar-refractivity contribution in [2.24, 2.45) is 10.9 Å². The normalized spacial score (nSPS) is 21.8. The van der Waals surface area contributed by atoms with E-state index in [4.69, 9.17) is 0 Å². The fraction of sp³-hybridized carbons (Fsp3) is 0.333. The number of carbonyl (C=O) groups is 1. The van der Waals surface area contributed by atoms with Crippen LogP contribution < -0.4 is 10.0 Å². The summed E-state index contributed by atoms with van der Waals surface area (Å²) in [4.78, 5) is 17.7. The van der Waals surface area contributed by atoms with Gasteiger partial charge in [0.15, 0.2) is 0 Å². The highest BCUT2D eigenvalue weighted by Crippen LogP contribution is 2.31. The summed E-state index contributed by atoms with van der Waals surface area (Å²) < 4.78 is 27.1. The van der Waals surface area contributed by atoms with E-state index < -0.39 is 16.1 Å². The first-order valence-electron chi connectivity index (χ1n) is 9.45. The number of amides is 1. The van der Waals surface area contributed by atoms with Crippen molar-refractivity contribution < 1.29 is 13.2 Å². The third kappa shape index (κ3) is 3.30. The van der Waals surface area contributed by atoms with E-state index in [2.05, 4.69) is 21.1 Å². The Hall–Kier alpha value is -2.67. The minimum Gasteiger partial charge on any atom is -0.347 e. The molecule has 2 N–H and O–H groups in total. The number of carbonyl (C=O) groups excluding carboxylic acids is 1. The number of sulfonamides is 1. The lowest BCUT2D eigenvalue weighted by Crippen LogP contribution is -2.39. The van der Waals surface area contributed by atoms with Gasteiger partial charge in [-0.15, -0.1) is 0 Å². The molecule has 6 nitrogen and oxygen atoms in total. The van der Waals surface area contributed by atoms with E-state index in [0.29, 0.717) is 5.56 Å². The van der Waals surface area contributed by atoms with Crippen molar-refractivity contribution in [3.63, 3.8) is 0 Å². The van der Waals surface area contributed by atoms with E-state index in [-0.39, 0.29) is 28.6 Å². The second kappa shape index (κ2) is 7.05. The number of nitrogens with zero attached hydrogens (tertiary/aromatic N) is 1. The fourth-order valence-corrected chi connectivity index (χ4v) is 5.08. The van der Waals surface area contributed by atoms with Gasteiger partial charge in [-0.25, -0.2) is 8.42 Å². The van der Waals surface area contributed by atoms with Gasteiger partial charge in [0.2, 0.25) is 5.91 Å². The largest absolute Gasteiger partial charge is 0.347 e. The van der Waals surface area contributed by atoms with Crippen molar-refractivity contribution in [1.82, 2.24) is 10.0 Å². The van der Waals surface area contributed by atoms with E-state index >= 15 is 0 Å². The van der Waals surface area contributed by atoms with Crippen LogP contribution in [0.15, 0.2) is 58.4 Å². The average Bonchev–Trinajstić information content (AvgIpc) is 3.18. The van der Waals surface area contributed by atoms with Gasteiger partial charge in [-0.3, -0.25) is 14.5 Å². The Balaban J connectivity index is 1.61. The second-order valence-corrected chi connectivity index (χ2v) is 9.22. The van der Waals surface area contributed by atoms with Crippen LogP contribution in [-0.2, 0) is 21.2 Å². The van der Waals surface area contributed by atoms with E-state index in [1.54, 1.807) is 24.3 Å². The lowest BCUT2D eigenvalue weighted by atomic mass is 10.0. The van der Waals surface area contributed by atoms with Crippen molar-refractivity contribution in [3.8, 4) is 0 Å². The highest BCUT2D eigenvalue weighted by Gasteiger charge is 2.33. The molecule has 1 unspecified atom stereocenters. The topological polar surface area (TPSA) is 87.6 Å². The highest BCUT2D eigenvalue weighted by molar-refractivity contribution is 7.90. The highest BCUT2D eigenvalue weighted by atomic mass is 32.2. The molecule has 2 atom stereocenters. The quantitative estimate of drug-likeness (QED) is 0.831. The molecule has 1 aliphatic heterocycles. The molecular weight excluding hydrogens is 374 g/mol. The lowest BCUT2D eigenvalue weighted by molar-refractivity contribution is -0.123. The number of rotatable bonds is 4. The van der Waals surface area contributed by atoms with Gasteiger partial charge in [0.25, 0.3) is 10.0 Å². The van der Waals surface area contributed by atoms with Crippen molar-refractivity contribution in [3.05, 3.63) is 65.2 Å². The van der Waals surface area contributed by atoms with E-state index in [9.17, 15) is 13.2 Å². The van der Waals surface area contributed by atoms with Gasteiger partial charge in [-0.2, -0.15) is 0 Å². The molecule has 1 aliphatic carbocycles. The maximum atomic E-state index is 13.0. The molecule has 146 valence electrons. The smallest absolute Gasteiger partial charge is 0.263 e. The van der Waals surface area contributed by atoms with Gasteiger partial charge in [0, 0.05) is 5.56 Å². The maximum absolute atomic E-state index is 13.0. The zero-order valence-electron chi connectivity index (χ0n) is 15.8. The SMILES string of the molecule is CC(C)[C@H](N=C1NS(=O)(=O)c2ccccc21)C(=O)NC1CCc2ccccc21.